The van der Waals surface area contributed by atoms with Crippen LogP contribution in [0.5, 0.6) is 0 Å². The number of anilines is 1. The number of amides is 1. The van der Waals surface area contributed by atoms with Gasteiger partial charge in [-0.05, 0) is 54.4 Å². The molecule has 4 nitrogen and oxygen atoms in total. The third-order valence-corrected chi connectivity index (χ3v) is 6.23. The summed E-state index contributed by atoms with van der Waals surface area (Å²) in [6.45, 7) is 6.57. The molecule has 1 fully saturated rings. The third kappa shape index (κ3) is 4.36. The molecule has 1 saturated carbocycles. The summed E-state index contributed by atoms with van der Waals surface area (Å²) in [5.74, 6) is 0.151. The molecular formula is C25H30N2O2. The molecule has 4 heteroatoms. The molecule has 1 spiro atoms. The third-order valence-electron chi connectivity index (χ3n) is 6.23. The lowest BCUT2D eigenvalue weighted by atomic mass is 9.76. The molecule has 4 rings (SSSR count). The number of hydrogen-bond acceptors (Lipinski definition) is 3. The molecule has 1 aliphatic carbocycles. The van der Waals surface area contributed by atoms with E-state index in [1.165, 1.54) is 5.56 Å². The van der Waals surface area contributed by atoms with E-state index in [2.05, 4.69) is 55.5 Å². The molecule has 1 aliphatic heterocycles. The van der Waals surface area contributed by atoms with E-state index in [1.54, 1.807) is 0 Å². The Morgan fingerprint density at radius 3 is 2.31 bits per heavy atom. The van der Waals surface area contributed by atoms with Crippen molar-refractivity contribution in [2.24, 2.45) is 11.1 Å². The van der Waals surface area contributed by atoms with Crippen LogP contribution >= 0.6 is 0 Å². The lowest BCUT2D eigenvalue weighted by Gasteiger charge is -2.34. The Labute approximate surface area is 173 Å². The molecule has 0 bridgehead atoms. The average Bonchev–Trinajstić information content (AvgIpc) is 3.12. The number of nitrogens with zero attached hydrogens (tertiary/aromatic N) is 1. The summed E-state index contributed by atoms with van der Waals surface area (Å²) in [5.41, 5.74) is 4.17. The Hall–Kier alpha value is -2.62. The zero-order chi connectivity index (χ0) is 20.5. The van der Waals surface area contributed by atoms with E-state index in [-0.39, 0.29) is 22.8 Å². The van der Waals surface area contributed by atoms with Gasteiger partial charge in [0.1, 0.15) is 5.60 Å². The monoisotopic (exact) mass is 390 g/mol. The van der Waals surface area contributed by atoms with Crippen molar-refractivity contribution in [3.05, 3.63) is 65.7 Å². The molecule has 29 heavy (non-hydrogen) atoms. The predicted molar refractivity (Wildman–Crippen MR) is 117 cm³/mol. The van der Waals surface area contributed by atoms with Gasteiger partial charge in [-0.2, -0.15) is 0 Å². The molecule has 0 aromatic heterocycles. The molecule has 0 unspecified atom stereocenters. The maximum atomic E-state index is 12.8. The van der Waals surface area contributed by atoms with Crippen molar-refractivity contribution in [3.63, 3.8) is 0 Å². The number of carbonyl (C=O) groups is 1. The Kier molecular flexibility index (Phi) is 5.20. The van der Waals surface area contributed by atoms with Gasteiger partial charge in [0.15, 0.2) is 0 Å². The van der Waals surface area contributed by atoms with Gasteiger partial charge in [-0.15, -0.1) is 0 Å². The van der Waals surface area contributed by atoms with E-state index in [0.717, 1.165) is 49.1 Å². The highest BCUT2D eigenvalue weighted by Crippen LogP contribution is 2.41. The second-order valence-electron chi connectivity index (χ2n) is 9.45. The maximum Gasteiger partial charge on any atom is 0.227 e. The molecule has 0 atom stereocenters. The quantitative estimate of drug-likeness (QED) is 0.733. The Morgan fingerprint density at radius 2 is 1.69 bits per heavy atom. The van der Waals surface area contributed by atoms with E-state index in [1.807, 2.05) is 30.3 Å². The summed E-state index contributed by atoms with van der Waals surface area (Å²) in [6.07, 6.45) is 4.24. The Morgan fingerprint density at radius 1 is 1.03 bits per heavy atom. The fraction of sp³-hybridized carbons (Fsp3) is 0.440. The summed E-state index contributed by atoms with van der Waals surface area (Å²) >= 11 is 0. The van der Waals surface area contributed by atoms with Gasteiger partial charge in [-0.1, -0.05) is 68.4 Å². The molecule has 152 valence electrons. The molecular weight excluding hydrogens is 360 g/mol. The van der Waals surface area contributed by atoms with Crippen LogP contribution in [0.4, 0.5) is 5.69 Å². The second kappa shape index (κ2) is 7.66. The first-order chi connectivity index (χ1) is 13.8. The summed E-state index contributed by atoms with van der Waals surface area (Å²) in [7, 11) is 0. The van der Waals surface area contributed by atoms with Crippen molar-refractivity contribution in [3.8, 4) is 0 Å². The normalized spacial score (nSPS) is 24.1. The van der Waals surface area contributed by atoms with E-state index in [9.17, 15) is 4.79 Å². The number of rotatable bonds is 3. The molecule has 1 heterocycles. The van der Waals surface area contributed by atoms with Crippen molar-refractivity contribution >= 4 is 17.3 Å². The molecule has 2 aromatic rings. The van der Waals surface area contributed by atoms with Crippen molar-refractivity contribution < 1.29 is 9.63 Å². The van der Waals surface area contributed by atoms with Crippen LogP contribution < -0.4 is 5.32 Å². The van der Waals surface area contributed by atoms with Crippen LogP contribution in [0, 0.1) is 5.92 Å². The van der Waals surface area contributed by atoms with Crippen LogP contribution in [0.3, 0.4) is 0 Å². The van der Waals surface area contributed by atoms with Gasteiger partial charge in [-0.3, -0.25) is 4.79 Å². The van der Waals surface area contributed by atoms with Gasteiger partial charge >= 0.3 is 0 Å². The molecule has 2 aromatic carbocycles. The molecule has 1 amide bonds. The van der Waals surface area contributed by atoms with Crippen molar-refractivity contribution in [1.29, 1.82) is 0 Å². The topological polar surface area (TPSA) is 50.7 Å². The highest BCUT2D eigenvalue weighted by Gasteiger charge is 2.44. The zero-order valence-corrected chi connectivity index (χ0v) is 17.6. The standard InChI is InChI=1S/C25H30N2O2/c1-24(2,3)20-9-11-21(12-10-20)26-23(28)19-13-15-25(16-14-19)17-22(27-29-25)18-7-5-4-6-8-18/h4-12,19H,13-17H2,1-3H3,(H,26,28)/t19-,25-. The molecule has 0 saturated heterocycles. The highest BCUT2D eigenvalue weighted by atomic mass is 16.7. The predicted octanol–water partition coefficient (Wildman–Crippen LogP) is 5.68. The second-order valence-corrected chi connectivity index (χ2v) is 9.45. The minimum Gasteiger partial charge on any atom is -0.389 e. The SMILES string of the molecule is CC(C)(C)c1ccc(NC(=O)[C@H]2CC[C@]3(CC2)CC(c2ccccc2)=NO3)cc1. The van der Waals surface area contributed by atoms with Crippen LogP contribution in [-0.2, 0) is 15.0 Å². The summed E-state index contributed by atoms with van der Waals surface area (Å²) in [4.78, 5) is 18.7. The summed E-state index contributed by atoms with van der Waals surface area (Å²) < 4.78 is 0. The summed E-state index contributed by atoms with van der Waals surface area (Å²) in [6, 6.07) is 18.4. The number of hydrogen-bond donors (Lipinski definition) is 1. The number of carbonyl (C=O) groups excluding carboxylic acids is 1. The van der Waals surface area contributed by atoms with Crippen LogP contribution in [0.2, 0.25) is 0 Å². The van der Waals surface area contributed by atoms with Gasteiger partial charge in [0.25, 0.3) is 0 Å². The van der Waals surface area contributed by atoms with Gasteiger partial charge in [0.05, 0.1) is 5.71 Å². The van der Waals surface area contributed by atoms with Crippen molar-refractivity contribution in [2.45, 2.75) is 63.9 Å². The number of nitrogens with one attached hydrogen (secondary N) is 1. The first-order valence-electron chi connectivity index (χ1n) is 10.6. The lowest BCUT2D eigenvalue weighted by molar-refractivity contribution is -0.123. The largest absolute Gasteiger partial charge is 0.389 e. The average molecular weight is 391 g/mol. The van der Waals surface area contributed by atoms with E-state index in [4.69, 9.17) is 4.84 Å². The Balaban J connectivity index is 1.31. The Bertz CT molecular complexity index is 887. The van der Waals surface area contributed by atoms with Gasteiger partial charge in [0, 0.05) is 18.0 Å². The van der Waals surface area contributed by atoms with Crippen LogP contribution in [0.15, 0.2) is 59.8 Å². The van der Waals surface area contributed by atoms with Crippen LogP contribution in [-0.4, -0.2) is 17.2 Å². The van der Waals surface area contributed by atoms with Crippen molar-refractivity contribution in [1.82, 2.24) is 0 Å². The molecule has 0 radical (unpaired) electrons. The molecule has 2 aliphatic rings. The first kappa shape index (κ1) is 19.7. The maximum absolute atomic E-state index is 12.8. The fourth-order valence-corrected chi connectivity index (χ4v) is 4.28. The smallest absolute Gasteiger partial charge is 0.227 e. The lowest BCUT2D eigenvalue weighted by Crippen LogP contribution is -2.37. The summed E-state index contributed by atoms with van der Waals surface area (Å²) in [5, 5.41) is 7.46. The van der Waals surface area contributed by atoms with Gasteiger partial charge < -0.3 is 10.2 Å². The minimum atomic E-state index is -0.226. The highest BCUT2D eigenvalue weighted by molar-refractivity contribution is 6.01. The van der Waals surface area contributed by atoms with Crippen LogP contribution in [0.25, 0.3) is 0 Å². The van der Waals surface area contributed by atoms with Gasteiger partial charge in [-0.25, -0.2) is 0 Å². The zero-order valence-electron chi connectivity index (χ0n) is 17.6. The number of benzene rings is 2. The molecule has 1 N–H and O–H groups in total. The van der Waals surface area contributed by atoms with Gasteiger partial charge in [0.2, 0.25) is 5.91 Å². The van der Waals surface area contributed by atoms with E-state index >= 15 is 0 Å². The van der Waals surface area contributed by atoms with E-state index in [0.29, 0.717) is 0 Å². The van der Waals surface area contributed by atoms with Crippen molar-refractivity contribution in [2.75, 3.05) is 5.32 Å². The minimum absolute atomic E-state index is 0.0345. The number of oxime groups is 1. The van der Waals surface area contributed by atoms with E-state index < -0.39 is 0 Å². The first-order valence-corrected chi connectivity index (χ1v) is 10.6. The fourth-order valence-electron chi connectivity index (χ4n) is 4.28. The van der Waals surface area contributed by atoms with Crippen LogP contribution in [0.1, 0.15) is 64.0 Å².